The largest absolute Gasteiger partial charge is 0.505 e. The quantitative estimate of drug-likeness (QED) is 0.599. The first kappa shape index (κ1) is 15.8. The number of aromatic hydroxyl groups is 1. The summed E-state index contributed by atoms with van der Waals surface area (Å²) in [6.07, 6.45) is 0. The van der Waals surface area contributed by atoms with Gasteiger partial charge in [0.25, 0.3) is 0 Å². The van der Waals surface area contributed by atoms with Crippen LogP contribution in [0.4, 0.5) is 5.69 Å². The van der Waals surface area contributed by atoms with Gasteiger partial charge in [0.2, 0.25) is 0 Å². The first-order chi connectivity index (χ1) is 9.38. The van der Waals surface area contributed by atoms with Gasteiger partial charge in [-0.15, -0.1) is 0 Å². The van der Waals surface area contributed by atoms with Crippen molar-refractivity contribution in [2.24, 2.45) is 0 Å². The Kier molecular flexibility index (Phi) is 5.08. The predicted octanol–water partition coefficient (Wildman–Crippen LogP) is 6.29. The van der Waals surface area contributed by atoms with Crippen molar-refractivity contribution in [1.29, 1.82) is 0 Å². The molecule has 0 fully saturated rings. The fourth-order valence-electron chi connectivity index (χ4n) is 1.83. The molecule has 1 atom stereocenters. The summed E-state index contributed by atoms with van der Waals surface area (Å²) in [5.41, 5.74) is 1.67. The smallest absolute Gasteiger partial charge is 0.152 e. The molecule has 1 unspecified atom stereocenters. The lowest BCUT2D eigenvalue weighted by Gasteiger charge is -2.18. The Morgan fingerprint density at radius 3 is 2.20 bits per heavy atom. The maximum absolute atomic E-state index is 9.54. The molecule has 0 amide bonds. The summed E-state index contributed by atoms with van der Waals surface area (Å²) in [7, 11) is 0. The highest BCUT2D eigenvalue weighted by Gasteiger charge is 2.12. The summed E-state index contributed by atoms with van der Waals surface area (Å²) in [6, 6.07) is 8.90. The summed E-state index contributed by atoms with van der Waals surface area (Å²) in [4.78, 5) is 0. The Balaban J connectivity index is 2.25. The summed E-state index contributed by atoms with van der Waals surface area (Å²) in [6.45, 7) is 1.98. The number of hydrogen-bond donors (Lipinski definition) is 2. The summed E-state index contributed by atoms with van der Waals surface area (Å²) >= 11 is 21.4. The van der Waals surface area contributed by atoms with Crippen molar-refractivity contribution >= 4 is 56.4 Å². The second-order valence-corrected chi connectivity index (χ2v) is 6.46. The molecule has 0 heterocycles. The minimum absolute atomic E-state index is 0.0349. The van der Waals surface area contributed by atoms with Crippen LogP contribution in [0.2, 0.25) is 15.1 Å². The predicted molar refractivity (Wildman–Crippen MR) is 89.3 cm³/mol. The van der Waals surface area contributed by atoms with Crippen LogP contribution < -0.4 is 5.32 Å². The molecule has 0 radical (unpaired) electrons. The second-order valence-electron chi connectivity index (χ2n) is 4.32. The van der Waals surface area contributed by atoms with Crippen molar-refractivity contribution in [2.45, 2.75) is 13.0 Å². The average molecular weight is 396 g/mol. The van der Waals surface area contributed by atoms with E-state index in [4.69, 9.17) is 34.8 Å². The van der Waals surface area contributed by atoms with Crippen LogP contribution in [0.3, 0.4) is 0 Å². The van der Waals surface area contributed by atoms with E-state index in [9.17, 15) is 5.11 Å². The van der Waals surface area contributed by atoms with Crippen LogP contribution >= 0.6 is 50.7 Å². The Morgan fingerprint density at radius 2 is 1.65 bits per heavy atom. The van der Waals surface area contributed by atoms with E-state index in [1.165, 1.54) is 0 Å². The molecule has 2 aromatic carbocycles. The van der Waals surface area contributed by atoms with Gasteiger partial charge in [-0.2, -0.15) is 0 Å². The molecule has 0 saturated carbocycles. The Bertz CT molecular complexity index is 625. The van der Waals surface area contributed by atoms with E-state index in [0.29, 0.717) is 10.7 Å². The van der Waals surface area contributed by atoms with Crippen LogP contribution in [0, 0.1) is 0 Å². The monoisotopic (exact) mass is 393 g/mol. The molecule has 6 heteroatoms. The highest BCUT2D eigenvalue weighted by Crippen LogP contribution is 2.36. The van der Waals surface area contributed by atoms with E-state index < -0.39 is 0 Å². The minimum Gasteiger partial charge on any atom is -0.505 e. The lowest BCUT2D eigenvalue weighted by Crippen LogP contribution is -2.07. The van der Waals surface area contributed by atoms with Crippen LogP contribution in [0.1, 0.15) is 18.5 Å². The lowest BCUT2D eigenvalue weighted by atomic mass is 10.1. The van der Waals surface area contributed by atoms with Crippen LogP contribution in [0.15, 0.2) is 34.8 Å². The van der Waals surface area contributed by atoms with Gasteiger partial charge in [0.15, 0.2) is 5.75 Å². The normalized spacial score (nSPS) is 12.2. The molecule has 2 nitrogen and oxygen atoms in total. The SMILES string of the molecule is CC(Nc1cc(Cl)c(O)c(Cl)c1)c1ccc(Br)cc1Cl. The Morgan fingerprint density at radius 1 is 1.05 bits per heavy atom. The third kappa shape index (κ3) is 3.53. The van der Waals surface area contributed by atoms with Crippen LogP contribution in [0.25, 0.3) is 0 Å². The van der Waals surface area contributed by atoms with Crippen molar-refractivity contribution in [3.05, 3.63) is 55.4 Å². The fourth-order valence-corrected chi connectivity index (χ4v) is 3.15. The molecule has 2 rings (SSSR count). The van der Waals surface area contributed by atoms with Gasteiger partial charge in [-0.3, -0.25) is 0 Å². The fraction of sp³-hybridized carbons (Fsp3) is 0.143. The molecule has 0 spiro atoms. The van der Waals surface area contributed by atoms with Crippen LogP contribution in [-0.2, 0) is 0 Å². The van der Waals surface area contributed by atoms with Crippen LogP contribution in [0.5, 0.6) is 5.75 Å². The Hall–Kier alpha value is -0.610. The van der Waals surface area contributed by atoms with Gasteiger partial charge < -0.3 is 10.4 Å². The maximum Gasteiger partial charge on any atom is 0.152 e. The zero-order chi connectivity index (χ0) is 14.9. The van der Waals surface area contributed by atoms with Gasteiger partial charge in [0.05, 0.1) is 10.0 Å². The van der Waals surface area contributed by atoms with Crippen LogP contribution in [-0.4, -0.2) is 5.11 Å². The third-order valence-corrected chi connectivity index (χ3v) is 4.23. The summed E-state index contributed by atoms with van der Waals surface area (Å²) in [5, 5.41) is 13.9. The van der Waals surface area contributed by atoms with Crippen molar-refractivity contribution in [1.82, 2.24) is 0 Å². The van der Waals surface area contributed by atoms with E-state index in [0.717, 1.165) is 10.0 Å². The number of phenols is 1. The molecule has 0 saturated heterocycles. The standard InChI is InChI=1S/C14H11BrCl3NO/c1-7(10-3-2-8(15)4-11(10)16)19-9-5-12(17)14(20)13(18)6-9/h2-7,19-20H,1H3. The number of hydrogen-bond acceptors (Lipinski definition) is 2. The van der Waals surface area contributed by atoms with Gasteiger partial charge in [0, 0.05) is 21.2 Å². The van der Waals surface area contributed by atoms with Gasteiger partial charge in [-0.1, -0.05) is 56.8 Å². The minimum atomic E-state index is -0.117. The molecule has 0 aromatic heterocycles. The highest BCUT2D eigenvalue weighted by molar-refractivity contribution is 9.10. The first-order valence-electron chi connectivity index (χ1n) is 5.78. The van der Waals surface area contributed by atoms with E-state index in [2.05, 4.69) is 21.2 Å². The lowest BCUT2D eigenvalue weighted by molar-refractivity contribution is 0.476. The molecule has 106 valence electrons. The zero-order valence-electron chi connectivity index (χ0n) is 10.4. The second kappa shape index (κ2) is 6.44. The number of nitrogens with one attached hydrogen (secondary N) is 1. The number of anilines is 1. The number of halogens is 4. The number of phenolic OH excluding ortho intramolecular Hbond substituents is 1. The average Bonchev–Trinajstić information content (AvgIpc) is 2.35. The number of benzene rings is 2. The van der Waals surface area contributed by atoms with Gasteiger partial charge in [-0.05, 0) is 36.8 Å². The molecule has 20 heavy (non-hydrogen) atoms. The zero-order valence-corrected chi connectivity index (χ0v) is 14.3. The number of rotatable bonds is 3. The van der Waals surface area contributed by atoms with Gasteiger partial charge in [0.1, 0.15) is 0 Å². The molecule has 0 aliphatic rings. The van der Waals surface area contributed by atoms with E-state index in [-0.39, 0.29) is 21.8 Å². The van der Waals surface area contributed by atoms with Crippen molar-refractivity contribution < 1.29 is 5.11 Å². The van der Waals surface area contributed by atoms with E-state index in [1.54, 1.807) is 12.1 Å². The van der Waals surface area contributed by atoms with Gasteiger partial charge in [-0.25, -0.2) is 0 Å². The van der Waals surface area contributed by atoms with Crippen molar-refractivity contribution in [3.8, 4) is 5.75 Å². The third-order valence-electron chi connectivity index (χ3n) is 2.83. The molecule has 0 aliphatic carbocycles. The highest BCUT2D eigenvalue weighted by atomic mass is 79.9. The molecule has 2 aromatic rings. The topological polar surface area (TPSA) is 32.3 Å². The molecular weight excluding hydrogens is 384 g/mol. The molecule has 0 bridgehead atoms. The Labute approximate surface area is 140 Å². The first-order valence-corrected chi connectivity index (χ1v) is 7.70. The maximum atomic E-state index is 9.54. The van der Waals surface area contributed by atoms with Crippen molar-refractivity contribution in [3.63, 3.8) is 0 Å². The van der Waals surface area contributed by atoms with E-state index >= 15 is 0 Å². The summed E-state index contributed by atoms with van der Waals surface area (Å²) in [5.74, 6) is -0.117. The van der Waals surface area contributed by atoms with Crippen molar-refractivity contribution in [2.75, 3.05) is 5.32 Å². The van der Waals surface area contributed by atoms with Gasteiger partial charge >= 0.3 is 0 Å². The molecule has 0 aliphatic heterocycles. The molecule has 2 N–H and O–H groups in total. The van der Waals surface area contributed by atoms with E-state index in [1.807, 2.05) is 25.1 Å². The molecular formula is C14H11BrCl3NO. The summed E-state index contributed by atoms with van der Waals surface area (Å²) < 4.78 is 0.925.